The van der Waals surface area contributed by atoms with Crippen LogP contribution >= 0.6 is 0 Å². The molecule has 0 radical (unpaired) electrons. The van der Waals surface area contributed by atoms with E-state index in [1.54, 1.807) is 0 Å². The SMILES string of the molecule is CCCCCCCCC(=O)c1ccccc1CCN. The number of nitrogens with two attached hydrogens (primary N) is 1. The highest BCUT2D eigenvalue weighted by Crippen LogP contribution is 2.14. The Morgan fingerprint density at radius 3 is 2.47 bits per heavy atom. The number of hydrogen-bond acceptors (Lipinski definition) is 2. The summed E-state index contributed by atoms with van der Waals surface area (Å²) >= 11 is 0. The molecule has 19 heavy (non-hydrogen) atoms. The van der Waals surface area contributed by atoms with Crippen LogP contribution in [0.25, 0.3) is 0 Å². The van der Waals surface area contributed by atoms with E-state index in [0.717, 1.165) is 24.0 Å². The monoisotopic (exact) mass is 261 g/mol. The van der Waals surface area contributed by atoms with E-state index >= 15 is 0 Å². The van der Waals surface area contributed by atoms with Gasteiger partial charge in [-0.2, -0.15) is 0 Å². The standard InChI is InChI=1S/C17H27NO/c1-2-3-4-5-6-7-12-17(19)16-11-9-8-10-15(16)13-14-18/h8-11H,2-7,12-14,18H2,1H3. The number of benzene rings is 1. The molecule has 2 heteroatoms. The molecule has 0 amide bonds. The van der Waals surface area contributed by atoms with Crippen molar-refractivity contribution in [2.75, 3.05) is 6.54 Å². The van der Waals surface area contributed by atoms with Crippen LogP contribution < -0.4 is 5.73 Å². The van der Waals surface area contributed by atoms with Crippen molar-refractivity contribution in [2.24, 2.45) is 5.73 Å². The summed E-state index contributed by atoms with van der Waals surface area (Å²) in [5.74, 6) is 0.277. The minimum Gasteiger partial charge on any atom is -0.330 e. The number of hydrogen-bond donors (Lipinski definition) is 1. The Labute approximate surface area is 117 Å². The van der Waals surface area contributed by atoms with Crippen molar-refractivity contribution >= 4 is 5.78 Å². The van der Waals surface area contributed by atoms with Crippen LogP contribution in [-0.2, 0) is 6.42 Å². The van der Waals surface area contributed by atoms with Gasteiger partial charge in [0.2, 0.25) is 0 Å². The third-order valence-electron chi connectivity index (χ3n) is 3.49. The molecule has 0 spiro atoms. The van der Waals surface area contributed by atoms with Gasteiger partial charge in [0.1, 0.15) is 0 Å². The lowest BCUT2D eigenvalue weighted by Gasteiger charge is -2.07. The van der Waals surface area contributed by atoms with Crippen molar-refractivity contribution in [3.63, 3.8) is 0 Å². The maximum absolute atomic E-state index is 12.2. The predicted octanol–water partition coefficient (Wildman–Crippen LogP) is 4.12. The normalized spacial score (nSPS) is 10.6. The van der Waals surface area contributed by atoms with E-state index in [1.165, 1.54) is 32.1 Å². The molecular formula is C17H27NO. The number of rotatable bonds is 10. The Hall–Kier alpha value is -1.15. The van der Waals surface area contributed by atoms with Gasteiger partial charge < -0.3 is 5.73 Å². The fourth-order valence-corrected chi connectivity index (χ4v) is 2.37. The Bertz CT molecular complexity index is 373. The first-order valence-electron chi connectivity index (χ1n) is 7.60. The molecule has 2 nitrogen and oxygen atoms in total. The molecule has 0 fully saturated rings. The summed E-state index contributed by atoms with van der Waals surface area (Å²) in [6.45, 7) is 2.82. The number of carbonyl (C=O) groups excluding carboxylic acids is 1. The van der Waals surface area contributed by atoms with Crippen molar-refractivity contribution in [1.29, 1.82) is 0 Å². The van der Waals surface area contributed by atoms with E-state index in [-0.39, 0.29) is 5.78 Å². The Balaban J connectivity index is 2.36. The zero-order chi connectivity index (χ0) is 13.9. The van der Waals surface area contributed by atoms with E-state index < -0.39 is 0 Å². The summed E-state index contributed by atoms with van der Waals surface area (Å²) in [7, 11) is 0. The van der Waals surface area contributed by atoms with E-state index in [9.17, 15) is 4.79 Å². The molecule has 0 atom stereocenters. The minimum atomic E-state index is 0.277. The van der Waals surface area contributed by atoms with Crippen molar-refractivity contribution in [3.8, 4) is 0 Å². The van der Waals surface area contributed by atoms with Gasteiger partial charge in [-0.15, -0.1) is 0 Å². The van der Waals surface area contributed by atoms with Crippen LogP contribution in [0, 0.1) is 0 Å². The van der Waals surface area contributed by atoms with E-state index in [1.807, 2.05) is 24.3 Å². The Morgan fingerprint density at radius 1 is 1.05 bits per heavy atom. The molecule has 0 unspecified atom stereocenters. The molecule has 0 heterocycles. The second-order valence-electron chi connectivity index (χ2n) is 5.14. The number of ketones is 1. The molecule has 0 saturated carbocycles. The van der Waals surface area contributed by atoms with Crippen molar-refractivity contribution in [2.45, 2.75) is 58.3 Å². The molecule has 0 aliphatic heterocycles. The molecular weight excluding hydrogens is 234 g/mol. The number of carbonyl (C=O) groups is 1. The topological polar surface area (TPSA) is 43.1 Å². The van der Waals surface area contributed by atoms with Gasteiger partial charge in [-0.3, -0.25) is 4.79 Å². The zero-order valence-corrected chi connectivity index (χ0v) is 12.2. The summed E-state index contributed by atoms with van der Waals surface area (Å²) in [6.07, 6.45) is 8.79. The third-order valence-corrected chi connectivity index (χ3v) is 3.49. The third kappa shape index (κ3) is 6.02. The summed E-state index contributed by atoms with van der Waals surface area (Å²) in [5, 5.41) is 0. The van der Waals surface area contributed by atoms with Crippen molar-refractivity contribution in [1.82, 2.24) is 0 Å². The van der Waals surface area contributed by atoms with Gasteiger partial charge in [0.15, 0.2) is 5.78 Å². The Morgan fingerprint density at radius 2 is 1.74 bits per heavy atom. The highest BCUT2D eigenvalue weighted by molar-refractivity contribution is 5.97. The van der Waals surface area contributed by atoms with E-state index in [0.29, 0.717) is 13.0 Å². The lowest BCUT2D eigenvalue weighted by atomic mass is 9.97. The van der Waals surface area contributed by atoms with Crippen LogP contribution in [0.2, 0.25) is 0 Å². The first kappa shape index (κ1) is 15.9. The Kier molecular flexibility index (Phi) is 8.15. The molecule has 0 aliphatic carbocycles. The van der Waals surface area contributed by atoms with Gasteiger partial charge in [0, 0.05) is 12.0 Å². The molecule has 106 valence electrons. The smallest absolute Gasteiger partial charge is 0.163 e. The van der Waals surface area contributed by atoms with Gasteiger partial charge in [-0.25, -0.2) is 0 Å². The highest BCUT2D eigenvalue weighted by atomic mass is 16.1. The number of unbranched alkanes of at least 4 members (excludes halogenated alkanes) is 5. The average Bonchev–Trinajstić information content (AvgIpc) is 2.43. The van der Waals surface area contributed by atoms with Gasteiger partial charge in [-0.1, -0.05) is 63.3 Å². The first-order valence-corrected chi connectivity index (χ1v) is 7.60. The minimum absolute atomic E-state index is 0.277. The van der Waals surface area contributed by atoms with Crippen LogP contribution in [0.1, 0.15) is 67.8 Å². The van der Waals surface area contributed by atoms with Crippen LogP contribution in [0.4, 0.5) is 0 Å². The zero-order valence-electron chi connectivity index (χ0n) is 12.2. The first-order chi connectivity index (χ1) is 9.29. The lowest BCUT2D eigenvalue weighted by Crippen LogP contribution is -2.09. The largest absolute Gasteiger partial charge is 0.330 e. The van der Waals surface area contributed by atoms with Gasteiger partial charge in [0.05, 0.1) is 0 Å². The van der Waals surface area contributed by atoms with Gasteiger partial charge in [-0.05, 0) is 24.9 Å². The molecule has 1 aromatic rings. The average molecular weight is 261 g/mol. The predicted molar refractivity (Wildman–Crippen MR) is 81.5 cm³/mol. The van der Waals surface area contributed by atoms with Crippen molar-refractivity contribution in [3.05, 3.63) is 35.4 Å². The second kappa shape index (κ2) is 9.74. The number of Topliss-reactive ketones (excluding diaryl/α,β-unsaturated/α-hetero) is 1. The maximum atomic E-state index is 12.2. The summed E-state index contributed by atoms with van der Waals surface area (Å²) in [4.78, 5) is 12.2. The molecule has 1 aromatic carbocycles. The van der Waals surface area contributed by atoms with Gasteiger partial charge in [0.25, 0.3) is 0 Å². The van der Waals surface area contributed by atoms with Crippen LogP contribution in [-0.4, -0.2) is 12.3 Å². The summed E-state index contributed by atoms with van der Waals surface area (Å²) < 4.78 is 0. The lowest BCUT2D eigenvalue weighted by molar-refractivity contribution is 0.0978. The second-order valence-corrected chi connectivity index (χ2v) is 5.14. The van der Waals surface area contributed by atoms with Crippen LogP contribution in [0.15, 0.2) is 24.3 Å². The summed E-state index contributed by atoms with van der Waals surface area (Å²) in [5.41, 5.74) is 7.56. The van der Waals surface area contributed by atoms with E-state index in [2.05, 4.69) is 6.92 Å². The van der Waals surface area contributed by atoms with Crippen molar-refractivity contribution < 1.29 is 4.79 Å². The quantitative estimate of drug-likeness (QED) is 0.508. The van der Waals surface area contributed by atoms with Gasteiger partial charge >= 0.3 is 0 Å². The fourth-order valence-electron chi connectivity index (χ4n) is 2.37. The molecule has 0 saturated heterocycles. The highest BCUT2D eigenvalue weighted by Gasteiger charge is 2.09. The molecule has 0 bridgehead atoms. The maximum Gasteiger partial charge on any atom is 0.163 e. The van der Waals surface area contributed by atoms with Crippen LogP contribution in [0.5, 0.6) is 0 Å². The molecule has 2 N–H and O–H groups in total. The summed E-state index contributed by atoms with van der Waals surface area (Å²) in [6, 6.07) is 7.87. The molecule has 0 aromatic heterocycles. The molecule has 0 aliphatic rings. The van der Waals surface area contributed by atoms with Crippen LogP contribution in [0.3, 0.4) is 0 Å². The fraction of sp³-hybridized carbons (Fsp3) is 0.588. The molecule has 1 rings (SSSR count). The van der Waals surface area contributed by atoms with E-state index in [4.69, 9.17) is 5.73 Å².